The summed E-state index contributed by atoms with van der Waals surface area (Å²) >= 11 is 6.33. The minimum atomic E-state index is 0.236. The molecule has 0 bridgehead atoms. The smallest absolute Gasteiger partial charge is 0.137 e. The number of likely N-dealkylation sites (N-methyl/N-ethyl adjacent to an activating group) is 1. The lowest BCUT2D eigenvalue weighted by molar-refractivity contribution is 0.142. The number of pyridine rings is 1. The molecule has 2 aromatic heterocycles. The molecule has 0 amide bonds. The number of rotatable bonds is 3. The van der Waals surface area contributed by atoms with Gasteiger partial charge in [0.25, 0.3) is 0 Å². The first-order valence-electron chi connectivity index (χ1n) is 10.2. The van der Waals surface area contributed by atoms with E-state index in [1.54, 1.807) is 12.4 Å². The molecule has 1 N–H and O–H groups in total. The van der Waals surface area contributed by atoms with Gasteiger partial charge in [-0.3, -0.25) is 4.98 Å². The molecule has 0 radical (unpaired) electrons. The highest BCUT2D eigenvalue weighted by Crippen LogP contribution is 2.34. The van der Waals surface area contributed by atoms with E-state index in [4.69, 9.17) is 16.3 Å². The largest absolute Gasteiger partial charge is 0.489 e. The molecular weight excluding hydrogens is 386 g/mol. The Morgan fingerprint density at radius 1 is 1.24 bits per heavy atom. The van der Waals surface area contributed by atoms with Crippen LogP contribution in [0, 0.1) is 5.92 Å². The van der Waals surface area contributed by atoms with Crippen molar-refractivity contribution >= 4 is 29.1 Å². The van der Waals surface area contributed by atoms with Crippen molar-refractivity contribution in [3.8, 4) is 5.75 Å². The molecule has 4 heterocycles. The standard InChI is InChI=1S/C22H24ClN5O/c1-28-10-8-15(23)11-19-22(28)18-13-25-27-20(21(18)26-19)14-4-6-16(7-5-14)29-17-3-2-9-24-12-17/h2-3,8-9,11-12,14,16,26H,4-7,10,13H2,1H3/t14-,16-. The maximum absolute atomic E-state index is 6.33. The number of azo groups is 1. The number of allylic oxidation sites excluding steroid dienone is 1. The molecule has 0 spiro atoms. The molecule has 1 saturated carbocycles. The fourth-order valence-corrected chi connectivity index (χ4v) is 4.74. The van der Waals surface area contributed by atoms with Crippen LogP contribution >= 0.6 is 11.6 Å². The van der Waals surface area contributed by atoms with Crippen LogP contribution < -0.4 is 20.3 Å². The van der Waals surface area contributed by atoms with E-state index in [1.807, 2.05) is 24.3 Å². The minimum Gasteiger partial charge on any atom is -0.489 e. The maximum atomic E-state index is 6.33. The van der Waals surface area contributed by atoms with Crippen molar-refractivity contribution in [2.45, 2.75) is 38.3 Å². The highest BCUT2D eigenvalue weighted by molar-refractivity contribution is 6.34. The van der Waals surface area contributed by atoms with Crippen LogP contribution in [-0.2, 0) is 6.54 Å². The maximum Gasteiger partial charge on any atom is 0.137 e. The summed E-state index contributed by atoms with van der Waals surface area (Å²) in [5.41, 5.74) is 3.51. The summed E-state index contributed by atoms with van der Waals surface area (Å²) in [6, 6.07) is 3.87. The third-order valence-corrected chi connectivity index (χ3v) is 6.25. The number of halogens is 1. The summed E-state index contributed by atoms with van der Waals surface area (Å²) in [4.78, 5) is 9.96. The van der Waals surface area contributed by atoms with E-state index in [2.05, 4.69) is 32.1 Å². The zero-order chi connectivity index (χ0) is 19.8. The Kier molecular flexibility index (Phi) is 4.87. The Morgan fingerprint density at radius 3 is 2.90 bits per heavy atom. The first-order valence-corrected chi connectivity index (χ1v) is 10.5. The number of nitrogens with zero attached hydrogens (tertiary/aromatic N) is 4. The average molecular weight is 410 g/mol. The van der Waals surface area contributed by atoms with Crippen molar-refractivity contribution in [1.82, 2.24) is 9.97 Å². The third kappa shape index (κ3) is 3.57. The molecule has 7 heteroatoms. The number of aromatic amines is 1. The molecule has 0 unspecified atom stereocenters. The quantitative estimate of drug-likeness (QED) is 0.844. The Morgan fingerprint density at radius 2 is 2.10 bits per heavy atom. The van der Waals surface area contributed by atoms with Gasteiger partial charge in [-0.1, -0.05) is 11.6 Å². The van der Waals surface area contributed by atoms with Gasteiger partial charge in [-0.25, -0.2) is 0 Å². The van der Waals surface area contributed by atoms with Crippen LogP contribution in [0.4, 0.5) is 5.69 Å². The Bertz CT molecular complexity index is 1080. The molecule has 0 aromatic carbocycles. The zero-order valence-electron chi connectivity index (χ0n) is 16.4. The van der Waals surface area contributed by atoms with E-state index in [-0.39, 0.29) is 6.10 Å². The van der Waals surface area contributed by atoms with Gasteiger partial charge in [0.2, 0.25) is 0 Å². The van der Waals surface area contributed by atoms with Crippen LogP contribution in [0.25, 0.3) is 11.8 Å². The van der Waals surface area contributed by atoms with Gasteiger partial charge in [0.05, 0.1) is 40.9 Å². The predicted molar refractivity (Wildman–Crippen MR) is 114 cm³/mol. The SMILES string of the molecule is CN1CC=C(Cl)C=c2[nH]c3c(c21)CN=NC=3[C@H]1CC[C@H](Oc2cccnc2)CC1. The highest BCUT2D eigenvalue weighted by atomic mass is 35.5. The number of fused-ring (bicyclic) bond motifs is 3. The molecule has 5 rings (SSSR count). The fraction of sp³-hybridized carbons (Fsp3) is 0.409. The van der Waals surface area contributed by atoms with Crippen molar-refractivity contribution < 1.29 is 4.74 Å². The molecule has 6 nitrogen and oxygen atoms in total. The monoisotopic (exact) mass is 409 g/mol. The second kappa shape index (κ2) is 7.67. The van der Waals surface area contributed by atoms with Crippen molar-refractivity contribution in [3.63, 3.8) is 0 Å². The number of anilines is 1. The van der Waals surface area contributed by atoms with Crippen molar-refractivity contribution in [1.29, 1.82) is 0 Å². The number of aromatic nitrogens is 2. The summed E-state index contributed by atoms with van der Waals surface area (Å²) < 4.78 is 6.10. The van der Waals surface area contributed by atoms with Crippen molar-refractivity contribution in [2.75, 3.05) is 18.5 Å². The zero-order valence-corrected chi connectivity index (χ0v) is 17.2. The number of nitrogens with one attached hydrogen (secondary N) is 1. The van der Waals surface area contributed by atoms with Crippen LogP contribution in [0.5, 0.6) is 5.75 Å². The normalized spacial score (nSPS) is 23.6. The number of hydrogen-bond donors (Lipinski definition) is 1. The van der Waals surface area contributed by atoms with E-state index >= 15 is 0 Å². The van der Waals surface area contributed by atoms with Gasteiger partial charge in [-0.2, -0.15) is 10.2 Å². The topological polar surface area (TPSA) is 65.9 Å². The Labute approximate surface area is 174 Å². The summed E-state index contributed by atoms with van der Waals surface area (Å²) in [6.45, 7) is 1.40. The van der Waals surface area contributed by atoms with E-state index in [9.17, 15) is 0 Å². The molecule has 0 saturated heterocycles. The average Bonchev–Trinajstić information content (AvgIpc) is 3.04. The highest BCUT2D eigenvalue weighted by Gasteiger charge is 2.29. The Hall–Kier alpha value is -2.60. The molecular formula is C22H24ClN5O. The van der Waals surface area contributed by atoms with Gasteiger partial charge in [-0.05, 0) is 50.0 Å². The second-order valence-corrected chi connectivity index (χ2v) is 8.36. The first kappa shape index (κ1) is 18.4. The van der Waals surface area contributed by atoms with Gasteiger partial charge in [0.1, 0.15) is 5.75 Å². The molecule has 150 valence electrons. The summed E-state index contributed by atoms with van der Waals surface area (Å²) in [6.07, 6.45) is 11.9. The van der Waals surface area contributed by atoms with Gasteiger partial charge >= 0.3 is 0 Å². The molecule has 1 fully saturated rings. The van der Waals surface area contributed by atoms with Gasteiger partial charge in [0.15, 0.2) is 0 Å². The fourth-order valence-electron chi connectivity index (χ4n) is 4.56. The van der Waals surface area contributed by atoms with Gasteiger partial charge < -0.3 is 14.6 Å². The van der Waals surface area contributed by atoms with Gasteiger partial charge in [-0.15, -0.1) is 0 Å². The first-order chi connectivity index (χ1) is 14.2. The van der Waals surface area contributed by atoms with E-state index < -0.39 is 0 Å². The summed E-state index contributed by atoms with van der Waals surface area (Å²) in [5, 5.41) is 12.0. The van der Waals surface area contributed by atoms with Crippen LogP contribution in [0.2, 0.25) is 0 Å². The second-order valence-electron chi connectivity index (χ2n) is 7.92. The van der Waals surface area contributed by atoms with E-state index in [0.29, 0.717) is 12.5 Å². The molecule has 29 heavy (non-hydrogen) atoms. The molecule has 2 aromatic rings. The van der Waals surface area contributed by atoms with Crippen LogP contribution in [0.3, 0.4) is 0 Å². The van der Waals surface area contributed by atoms with E-state index in [0.717, 1.165) is 59.4 Å². The summed E-state index contributed by atoms with van der Waals surface area (Å²) in [7, 11) is 2.10. The predicted octanol–water partition coefficient (Wildman–Crippen LogP) is 3.47. The van der Waals surface area contributed by atoms with Crippen molar-refractivity contribution in [3.05, 3.63) is 51.9 Å². The van der Waals surface area contributed by atoms with E-state index in [1.165, 1.54) is 11.3 Å². The molecule has 1 aliphatic carbocycles. The van der Waals surface area contributed by atoms with Crippen molar-refractivity contribution in [2.24, 2.45) is 16.1 Å². The molecule has 3 aliphatic rings. The number of ether oxygens (including phenoxy) is 1. The van der Waals surface area contributed by atoms with Gasteiger partial charge in [0, 0.05) is 36.3 Å². The Balaban J connectivity index is 1.42. The lowest BCUT2D eigenvalue weighted by Gasteiger charge is -2.29. The lowest BCUT2D eigenvalue weighted by atomic mass is 9.84. The van der Waals surface area contributed by atoms with Crippen LogP contribution in [0.1, 0.15) is 31.2 Å². The van der Waals surface area contributed by atoms with Crippen LogP contribution in [-0.4, -0.2) is 29.7 Å². The third-order valence-electron chi connectivity index (χ3n) is 5.99. The number of H-pyrrole nitrogens is 1. The summed E-state index contributed by atoms with van der Waals surface area (Å²) in [5.74, 6) is 1.24. The lowest BCUT2D eigenvalue weighted by Crippen LogP contribution is -2.28. The van der Waals surface area contributed by atoms with Crippen LogP contribution in [0.15, 0.2) is 45.9 Å². The minimum absolute atomic E-state index is 0.236. The molecule has 0 atom stereocenters. The molecule has 2 aliphatic heterocycles. The number of hydrogen-bond acceptors (Lipinski definition) is 5.